The average molecular weight is 320 g/mol. The molecule has 1 saturated heterocycles. The summed E-state index contributed by atoms with van der Waals surface area (Å²) in [7, 11) is 1.28. The monoisotopic (exact) mass is 320 g/mol. The van der Waals surface area contributed by atoms with E-state index in [0.717, 1.165) is 0 Å². The van der Waals surface area contributed by atoms with Gasteiger partial charge in [0.2, 0.25) is 0 Å². The average Bonchev–Trinajstić information content (AvgIpc) is 2.39. The second-order valence-electron chi connectivity index (χ2n) is 4.72. The van der Waals surface area contributed by atoms with Gasteiger partial charge in [0.1, 0.15) is 18.8 Å². The molecule has 1 N–H and O–H groups in total. The summed E-state index contributed by atoms with van der Waals surface area (Å²) in [5, 5.41) is 9.92. The predicted molar refractivity (Wildman–Crippen MR) is 69.4 cm³/mol. The van der Waals surface area contributed by atoms with Gasteiger partial charge in [-0.2, -0.15) is 0 Å². The Hall–Kier alpha value is -1.71. The van der Waals surface area contributed by atoms with E-state index < -0.39 is 48.6 Å². The zero-order chi connectivity index (χ0) is 16.9. The van der Waals surface area contributed by atoms with E-state index in [9.17, 15) is 19.5 Å². The van der Waals surface area contributed by atoms with Gasteiger partial charge in [-0.3, -0.25) is 14.4 Å². The van der Waals surface area contributed by atoms with Gasteiger partial charge in [-0.15, -0.1) is 0 Å². The lowest BCUT2D eigenvalue weighted by Crippen LogP contribution is -2.61. The van der Waals surface area contributed by atoms with Crippen LogP contribution in [0, 0.1) is 0 Å². The van der Waals surface area contributed by atoms with Crippen molar-refractivity contribution < 1.29 is 43.2 Å². The number of carbonyl (C=O) groups is 3. The van der Waals surface area contributed by atoms with Crippen LogP contribution in [0.3, 0.4) is 0 Å². The van der Waals surface area contributed by atoms with E-state index in [-0.39, 0.29) is 6.61 Å². The highest BCUT2D eigenvalue weighted by atomic mass is 16.7. The van der Waals surface area contributed by atoms with Crippen molar-refractivity contribution >= 4 is 17.9 Å². The normalized spacial score (nSPS) is 31.2. The molecule has 0 aromatic carbocycles. The van der Waals surface area contributed by atoms with Gasteiger partial charge in [0.05, 0.1) is 0 Å². The van der Waals surface area contributed by atoms with E-state index in [1.165, 1.54) is 27.9 Å². The SMILES string of the molecule is CO[C@@H]1[C@@H](OC(C)=O)[C@H](OC(C)=O)[C@@H](COC(C)=O)O[C@H]1O. The zero-order valence-corrected chi connectivity index (χ0v) is 12.8. The Morgan fingerprint density at radius 2 is 1.50 bits per heavy atom. The summed E-state index contributed by atoms with van der Waals surface area (Å²) < 4.78 is 25.3. The van der Waals surface area contributed by atoms with Crippen LogP contribution in [0.5, 0.6) is 0 Å². The molecule has 22 heavy (non-hydrogen) atoms. The van der Waals surface area contributed by atoms with Gasteiger partial charge in [0.15, 0.2) is 18.5 Å². The fraction of sp³-hybridized carbons (Fsp3) is 0.769. The maximum absolute atomic E-state index is 11.3. The molecular weight excluding hydrogens is 300 g/mol. The Kier molecular flexibility index (Phi) is 6.72. The summed E-state index contributed by atoms with van der Waals surface area (Å²) in [6.45, 7) is 3.25. The van der Waals surface area contributed by atoms with E-state index in [0.29, 0.717) is 0 Å². The number of ether oxygens (including phenoxy) is 5. The van der Waals surface area contributed by atoms with Gasteiger partial charge in [-0.1, -0.05) is 0 Å². The molecule has 1 aliphatic rings. The highest BCUT2D eigenvalue weighted by Crippen LogP contribution is 2.27. The van der Waals surface area contributed by atoms with Crippen molar-refractivity contribution in [1.82, 2.24) is 0 Å². The number of methoxy groups -OCH3 is 1. The summed E-state index contributed by atoms with van der Waals surface area (Å²) in [6, 6.07) is 0. The van der Waals surface area contributed by atoms with Crippen molar-refractivity contribution in [3.63, 3.8) is 0 Å². The second kappa shape index (κ2) is 8.06. The fourth-order valence-electron chi connectivity index (χ4n) is 2.14. The van der Waals surface area contributed by atoms with Crippen molar-refractivity contribution in [2.24, 2.45) is 0 Å². The maximum Gasteiger partial charge on any atom is 0.303 e. The molecule has 9 heteroatoms. The molecule has 0 bridgehead atoms. The topological polar surface area (TPSA) is 118 Å². The smallest absolute Gasteiger partial charge is 0.303 e. The number of hydrogen-bond acceptors (Lipinski definition) is 9. The number of aliphatic hydroxyl groups is 1. The van der Waals surface area contributed by atoms with Crippen LogP contribution in [0.25, 0.3) is 0 Å². The molecule has 1 fully saturated rings. The molecule has 1 aliphatic heterocycles. The van der Waals surface area contributed by atoms with Crippen LogP contribution in [0.2, 0.25) is 0 Å². The third kappa shape index (κ3) is 4.93. The maximum atomic E-state index is 11.3. The first-order chi connectivity index (χ1) is 10.3. The molecule has 0 aromatic heterocycles. The van der Waals surface area contributed by atoms with E-state index in [2.05, 4.69) is 0 Å². The van der Waals surface area contributed by atoms with Crippen molar-refractivity contribution in [2.75, 3.05) is 13.7 Å². The Balaban J connectivity index is 3.01. The number of carbonyl (C=O) groups excluding carboxylic acids is 3. The Morgan fingerprint density at radius 1 is 0.955 bits per heavy atom. The van der Waals surface area contributed by atoms with Crippen LogP contribution in [0.1, 0.15) is 20.8 Å². The van der Waals surface area contributed by atoms with Gasteiger partial charge < -0.3 is 28.8 Å². The molecule has 0 spiro atoms. The second-order valence-corrected chi connectivity index (χ2v) is 4.72. The minimum absolute atomic E-state index is 0.279. The third-order valence-electron chi connectivity index (χ3n) is 2.94. The Labute approximate surface area is 127 Å². The molecule has 1 rings (SSSR count). The first kappa shape index (κ1) is 18.3. The molecule has 0 saturated carbocycles. The van der Waals surface area contributed by atoms with Crippen LogP contribution in [-0.2, 0) is 38.1 Å². The molecular formula is C13H20O9. The Bertz CT molecular complexity index is 422. The van der Waals surface area contributed by atoms with Crippen LogP contribution in [-0.4, -0.2) is 67.4 Å². The van der Waals surface area contributed by atoms with Crippen LogP contribution in [0.15, 0.2) is 0 Å². The molecule has 0 radical (unpaired) electrons. The van der Waals surface area contributed by atoms with E-state index >= 15 is 0 Å². The minimum Gasteiger partial charge on any atom is -0.463 e. The quantitative estimate of drug-likeness (QED) is 0.510. The van der Waals surface area contributed by atoms with Crippen LogP contribution in [0.4, 0.5) is 0 Å². The number of aliphatic hydroxyl groups excluding tert-OH is 1. The van der Waals surface area contributed by atoms with Crippen molar-refractivity contribution in [3.05, 3.63) is 0 Å². The van der Waals surface area contributed by atoms with Gasteiger partial charge in [0.25, 0.3) is 0 Å². The van der Waals surface area contributed by atoms with Crippen molar-refractivity contribution in [3.8, 4) is 0 Å². The molecule has 0 aromatic rings. The molecule has 9 nitrogen and oxygen atoms in total. The van der Waals surface area contributed by atoms with E-state index in [1.807, 2.05) is 0 Å². The number of hydrogen-bond donors (Lipinski definition) is 1. The molecule has 1 heterocycles. The van der Waals surface area contributed by atoms with Crippen LogP contribution >= 0.6 is 0 Å². The summed E-state index contributed by atoms with van der Waals surface area (Å²) in [5.74, 6) is -1.87. The third-order valence-corrected chi connectivity index (χ3v) is 2.94. The molecule has 5 atom stereocenters. The summed E-state index contributed by atoms with van der Waals surface area (Å²) >= 11 is 0. The molecule has 126 valence electrons. The molecule has 0 aliphatic carbocycles. The zero-order valence-electron chi connectivity index (χ0n) is 12.8. The minimum atomic E-state index is -1.44. The van der Waals surface area contributed by atoms with Gasteiger partial charge >= 0.3 is 17.9 Å². The van der Waals surface area contributed by atoms with E-state index in [1.54, 1.807) is 0 Å². The molecule has 0 amide bonds. The van der Waals surface area contributed by atoms with Crippen molar-refractivity contribution in [1.29, 1.82) is 0 Å². The summed E-state index contributed by atoms with van der Waals surface area (Å²) in [5.41, 5.74) is 0. The van der Waals surface area contributed by atoms with E-state index in [4.69, 9.17) is 23.7 Å². The summed E-state index contributed by atoms with van der Waals surface area (Å²) in [6.07, 6.45) is -5.69. The van der Waals surface area contributed by atoms with Crippen molar-refractivity contribution in [2.45, 2.75) is 51.5 Å². The number of esters is 3. The van der Waals surface area contributed by atoms with Crippen LogP contribution < -0.4 is 0 Å². The lowest BCUT2D eigenvalue weighted by molar-refractivity contribution is -0.297. The highest BCUT2D eigenvalue weighted by Gasteiger charge is 2.50. The first-order valence-electron chi connectivity index (χ1n) is 6.60. The first-order valence-corrected chi connectivity index (χ1v) is 6.60. The highest BCUT2D eigenvalue weighted by molar-refractivity contribution is 5.67. The predicted octanol–water partition coefficient (Wildman–Crippen LogP) is -0.855. The molecule has 0 unspecified atom stereocenters. The lowest BCUT2D eigenvalue weighted by atomic mass is 9.98. The standard InChI is InChI=1S/C13H20O9/c1-6(14)19-5-9-10(20-7(2)15)11(21-8(3)16)12(18-4)13(17)22-9/h9-13,17H,5H2,1-4H3/t9-,10-,11+,12-,13-/m1/s1. The van der Waals surface area contributed by atoms with Gasteiger partial charge in [0, 0.05) is 27.9 Å². The fourth-order valence-corrected chi connectivity index (χ4v) is 2.14. The number of rotatable bonds is 5. The summed E-state index contributed by atoms with van der Waals surface area (Å²) in [4.78, 5) is 33.5. The largest absolute Gasteiger partial charge is 0.463 e. The lowest BCUT2D eigenvalue weighted by Gasteiger charge is -2.42. The Morgan fingerprint density at radius 3 is 1.95 bits per heavy atom. The van der Waals surface area contributed by atoms with Gasteiger partial charge in [-0.25, -0.2) is 0 Å². The van der Waals surface area contributed by atoms with Gasteiger partial charge in [-0.05, 0) is 0 Å².